The van der Waals surface area contributed by atoms with Crippen molar-refractivity contribution in [1.29, 1.82) is 0 Å². The number of benzene rings is 2. The van der Waals surface area contributed by atoms with Crippen molar-refractivity contribution in [2.24, 2.45) is 0 Å². The minimum atomic E-state index is -0.526. The Bertz CT molecular complexity index is 1160. The van der Waals surface area contributed by atoms with Crippen molar-refractivity contribution in [2.45, 2.75) is 51.9 Å². The molecule has 0 atom stereocenters. The van der Waals surface area contributed by atoms with Gasteiger partial charge in [-0.25, -0.2) is 9.78 Å². The van der Waals surface area contributed by atoms with Gasteiger partial charge >= 0.3 is 6.09 Å². The fourth-order valence-electron chi connectivity index (χ4n) is 3.68. The molecule has 1 amide bonds. The Morgan fingerprint density at radius 3 is 2.55 bits per heavy atom. The molecule has 2 aromatic carbocycles. The molecular formula is C25H29N3O5. The maximum Gasteiger partial charge on any atom is 0.410 e. The van der Waals surface area contributed by atoms with E-state index in [4.69, 9.17) is 14.2 Å². The molecule has 0 spiro atoms. The average molecular weight is 452 g/mol. The first-order valence-corrected chi connectivity index (χ1v) is 11.1. The number of carbonyl (C=O) groups excluding carboxylic acids is 1. The van der Waals surface area contributed by atoms with E-state index in [0.29, 0.717) is 54.9 Å². The highest BCUT2D eigenvalue weighted by molar-refractivity contribution is 5.81. The number of H-pyrrole nitrogens is 1. The van der Waals surface area contributed by atoms with Gasteiger partial charge in [-0.15, -0.1) is 0 Å². The third-order valence-corrected chi connectivity index (χ3v) is 5.33. The van der Waals surface area contributed by atoms with Crippen molar-refractivity contribution in [3.8, 4) is 11.5 Å². The highest BCUT2D eigenvalue weighted by Crippen LogP contribution is 2.33. The lowest BCUT2D eigenvalue weighted by Crippen LogP contribution is -2.44. The number of nitrogens with zero attached hydrogens (tertiary/aromatic N) is 2. The number of hydrogen-bond donors (Lipinski definition) is 1. The monoisotopic (exact) mass is 451 g/mol. The van der Waals surface area contributed by atoms with Gasteiger partial charge in [0, 0.05) is 32.0 Å². The van der Waals surface area contributed by atoms with Gasteiger partial charge in [0.25, 0.3) is 5.56 Å². The summed E-state index contributed by atoms with van der Waals surface area (Å²) in [6, 6.07) is 13.2. The number of rotatable bonds is 5. The number of likely N-dealkylation sites (tertiary alicyclic amines) is 1. The molecule has 2 heterocycles. The summed E-state index contributed by atoms with van der Waals surface area (Å²) >= 11 is 0. The zero-order chi connectivity index (χ0) is 23.4. The van der Waals surface area contributed by atoms with Crippen LogP contribution in [0.4, 0.5) is 4.79 Å². The summed E-state index contributed by atoms with van der Waals surface area (Å²) in [4.78, 5) is 33.2. The number of carbonyl (C=O) groups is 1. The number of aromatic amines is 1. The zero-order valence-corrected chi connectivity index (χ0v) is 19.2. The molecule has 1 aromatic heterocycles. The number of aromatic nitrogens is 2. The summed E-state index contributed by atoms with van der Waals surface area (Å²) < 4.78 is 17.8. The summed E-state index contributed by atoms with van der Waals surface area (Å²) in [6.45, 7) is 7.00. The third-order valence-electron chi connectivity index (χ3n) is 5.33. The van der Waals surface area contributed by atoms with Gasteiger partial charge in [-0.05, 0) is 32.4 Å². The van der Waals surface area contributed by atoms with Crippen molar-refractivity contribution < 1.29 is 19.0 Å². The molecule has 0 radical (unpaired) electrons. The smallest absolute Gasteiger partial charge is 0.410 e. The number of hydrogen-bond acceptors (Lipinski definition) is 6. The minimum absolute atomic E-state index is 0.115. The van der Waals surface area contributed by atoms with Crippen LogP contribution in [0.2, 0.25) is 0 Å². The largest absolute Gasteiger partial charge is 0.486 e. The van der Waals surface area contributed by atoms with E-state index in [2.05, 4.69) is 9.97 Å². The summed E-state index contributed by atoms with van der Waals surface area (Å²) in [5, 5.41) is 0.436. The van der Waals surface area contributed by atoms with Gasteiger partial charge in [0.05, 0.1) is 17.2 Å². The number of fused-ring (bicyclic) bond motifs is 1. The van der Waals surface area contributed by atoms with E-state index in [1.165, 1.54) is 6.33 Å². The fourth-order valence-corrected chi connectivity index (χ4v) is 3.68. The van der Waals surface area contributed by atoms with Crippen LogP contribution in [0.5, 0.6) is 11.5 Å². The SMILES string of the molecule is CC(C)(C)OC(=O)N1CCC(Oc2cc3c(=O)[nH]cnc3cc2OCc2ccccc2)CC1. The van der Waals surface area contributed by atoms with Gasteiger partial charge in [-0.1, -0.05) is 30.3 Å². The van der Waals surface area contributed by atoms with Crippen LogP contribution in [-0.2, 0) is 11.3 Å². The van der Waals surface area contributed by atoms with Gasteiger partial charge in [0.1, 0.15) is 18.3 Å². The van der Waals surface area contributed by atoms with E-state index in [9.17, 15) is 9.59 Å². The van der Waals surface area contributed by atoms with Crippen molar-refractivity contribution >= 4 is 17.0 Å². The molecule has 0 bridgehead atoms. The molecule has 0 unspecified atom stereocenters. The Morgan fingerprint density at radius 1 is 1.12 bits per heavy atom. The third kappa shape index (κ3) is 5.83. The Hall–Kier alpha value is -3.55. The zero-order valence-electron chi connectivity index (χ0n) is 19.2. The number of ether oxygens (including phenoxy) is 3. The van der Waals surface area contributed by atoms with Gasteiger partial charge in [0.2, 0.25) is 0 Å². The summed E-state index contributed by atoms with van der Waals surface area (Å²) in [6.07, 6.45) is 2.25. The van der Waals surface area contributed by atoms with E-state index in [1.54, 1.807) is 17.0 Å². The quantitative estimate of drug-likeness (QED) is 0.622. The highest BCUT2D eigenvalue weighted by atomic mass is 16.6. The molecule has 174 valence electrons. The first kappa shape index (κ1) is 22.6. The maximum absolute atomic E-state index is 12.3. The molecule has 4 rings (SSSR count). The highest BCUT2D eigenvalue weighted by Gasteiger charge is 2.28. The number of piperidine rings is 1. The van der Waals surface area contributed by atoms with Crippen molar-refractivity contribution in [3.63, 3.8) is 0 Å². The van der Waals surface area contributed by atoms with Crippen molar-refractivity contribution in [1.82, 2.24) is 14.9 Å². The summed E-state index contributed by atoms with van der Waals surface area (Å²) in [5.74, 6) is 1.02. The molecule has 8 heteroatoms. The topological polar surface area (TPSA) is 93.8 Å². The van der Waals surface area contributed by atoms with Crippen LogP contribution in [0, 0.1) is 0 Å². The van der Waals surface area contributed by atoms with E-state index in [-0.39, 0.29) is 17.8 Å². The Kier molecular flexibility index (Phi) is 6.53. The van der Waals surface area contributed by atoms with Crippen LogP contribution >= 0.6 is 0 Å². The van der Waals surface area contributed by atoms with Crippen LogP contribution in [0.15, 0.2) is 53.6 Å². The average Bonchev–Trinajstić information content (AvgIpc) is 2.78. The molecule has 1 saturated heterocycles. The first-order valence-electron chi connectivity index (χ1n) is 11.1. The normalized spacial score (nSPS) is 14.8. The second-order valence-corrected chi connectivity index (χ2v) is 9.11. The fraction of sp³-hybridized carbons (Fsp3) is 0.400. The molecule has 1 fully saturated rings. The Labute approximate surface area is 192 Å². The van der Waals surface area contributed by atoms with Crippen molar-refractivity contribution in [2.75, 3.05) is 13.1 Å². The van der Waals surface area contributed by atoms with Crippen LogP contribution in [0.3, 0.4) is 0 Å². The van der Waals surface area contributed by atoms with Crippen LogP contribution < -0.4 is 15.0 Å². The predicted octanol–water partition coefficient (Wildman–Crippen LogP) is 4.28. The number of amides is 1. The molecule has 0 saturated carbocycles. The maximum atomic E-state index is 12.3. The molecule has 1 N–H and O–H groups in total. The lowest BCUT2D eigenvalue weighted by molar-refractivity contribution is 0.0124. The van der Waals surface area contributed by atoms with E-state index in [1.807, 2.05) is 51.1 Å². The van der Waals surface area contributed by atoms with Gasteiger partial charge in [0.15, 0.2) is 11.5 Å². The van der Waals surface area contributed by atoms with Crippen LogP contribution in [-0.4, -0.2) is 45.8 Å². The number of nitrogens with one attached hydrogen (secondary N) is 1. The summed E-state index contributed by atoms with van der Waals surface area (Å²) in [5.41, 5.74) is 0.794. The van der Waals surface area contributed by atoms with E-state index in [0.717, 1.165) is 5.56 Å². The second-order valence-electron chi connectivity index (χ2n) is 9.11. The minimum Gasteiger partial charge on any atom is -0.486 e. The van der Waals surface area contributed by atoms with Gasteiger partial charge < -0.3 is 24.1 Å². The lowest BCUT2D eigenvalue weighted by atomic mass is 10.1. The predicted molar refractivity (Wildman–Crippen MR) is 125 cm³/mol. The molecule has 1 aliphatic heterocycles. The van der Waals surface area contributed by atoms with Gasteiger partial charge in [-0.3, -0.25) is 4.79 Å². The lowest BCUT2D eigenvalue weighted by Gasteiger charge is -2.33. The molecule has 33 heavy (non-hydrogen) atoms. The molecule has 1 aliphatic rings. The molecule has 0 aliphatic carbocycles. The molecule has 8 nitrogen and oxygen atoms in total. The van der Waals surface area contributed by atoms with Crippen LogP contribution in [0.1, 0.15) is 39.2 Å². The molecule has 3 aromatic rings. The summed E-state index contributed by atoms with van der Waals surface area (Å²) in [7, 11) is 0. The molecular weight excluding hydrogens is 422 g/mol. The van der Waals surface area contributed by atoms with E-state index >= 15 is 0 Å². The second kappa shape index (κ2) is 9.52. The Balaban J connectivity index is 1.49. The Morgan fingerprint density at radius 2 is 1.85 bits per heavy atom. The standard InChI is InChI=1S/C25H29N3O5/c1-25(2,3)33-24(30)28-11-9-18(10-12-28)32-22-13-19-20(26-16-27-23(19)29)14-21(22)31-15-17-7-5-4-6-8-17/h4-8,13-14,16,18H,9-12,15H2,1-3H3,(H,26,27,29). The van der Waals surface area contributed by atoms with Crippen molar-refractivity contribution in [3.05, 3.63) is 64.7 Å². The van der Waals surface area contributed by atoms with Gasteiger partial charge in [-0.2, -0.15) is 0 Å². The van der Waals surface area contributed by atoms with E-state index < -0.39 is 5.60 Å². The first-order chi connectivity index (χ1) is 15.8. The van der Waals surface area contributed by atoms with Crippen LogP contribution in [0.25, 0.3) is 10.9 Å².